The van der Waals surface area contributed by atoms with E-state index < -0.39 is 9.84 Å². The molecule has 0 spiro atoms. The quantitative estimate of drug-likeness (QED) is 0.133. The Morgan fingerprint density at radius 2 is 0.830 bits per heavy atom. The van der Waals surface area contributed by atoms with Crippen LogP contribution in [0.1, 0.15) is 0 Å². The van der Waals surface area contributed by atoms with Crippen molar-refractivity contribution < 1.29 is 8.42 Å². The van der Waals surface area contributed by atoms with Crippen LogP contribution in [0.4, 0.5) is 0 Å². The molecule has 0 saturated carbocycles. The van der Waals surface area contributed by atoms with Gasteiger partial charge in [-0.05, 0) is 91.0 Å². The highest BCUT2D eigenvalue weighted by Gasteiger charge is 2.22. The van der Waals surface area contributed by atoms with Crippen LogP contribution in [-0.4, -0.2) is 13.4 Å². The molecule has 0 amide bonds. The van der Waals surface area contributed by atoms with E-state index in [1.807, 2.05) is 24.3 Å². The minimum atomic E-state index is -3.65. The lowest BCUT2D eigenvalue weighted by molar-refractivity contribution is 0.596. The van der Waals surface area contributed by atoms with E-state index in [9.17, 15) is 8.42 Å². The van der Waals surface area contributed by atoms with E-state index in [4.69, 9.17) is 4.98 Å². The van der Waals surface area contributed by atoms with Gasteiger partial charge in [-0.15, -0.1) is 0 Å². The summed E-state index contributed by atoms with van der Waals surface area (Å²) in [7, 11) is -3.65. The number of hydrogen-bond donors (Lipinski definition) is 0. The van der Waals surface area contributed by atoms with Crippen molar-refractivity contribution in [2.24, 2.45) is 0 Å². The Balaban J connectivity index is 1.28. The van der Waals surface area contributed by atoms with E-state index in [1.165, 1.54) is 16.2 Å². The largest absolute Gasteiger partial charge is 0.247 e. The normalized spacial score (nSPS) is 11.9. The van der Waals surface area contributed by atoms with Crippen LogP contribution in [0.2, 0.25) is 0 Å². The summed E-state index contributed by atoms with van der Waals surface area (Å²) in [5, 5.41) is 10.3. The molecule has 3 nitrogen and oxygen atoms in total. The minimum absolute atomic E-state index is 0.274. The summed E-state index contributed by atoms with van der Waals surface area (Å²) >= 11 is 0. The molecule has 0 aliphatic heterocycles. The molecule has 0 unspecified atom stereocenters. The average Bonchev–Trinajstić information content (AvgIpc) is 3.23. The van der Waals surface area contributed by atoms with Crippen molar-refractivity contribution in [3.8, 4) is 33.5 Å². The van der Waals surface area contributed by atoms with E-state index in [0.29, 0.717) is 0 Å². The van der Waals surface area contributed by atoms with E-state index in [-0.39, 0.29) is 9.79 Å². The summed E-state index contributed by atoms with van der Waals surface area (Å²) in [5.74, 6) is 0. The van der Waals surface area contributed by atoms with E-state index in [0.717, 1.165) is 71.3 Å². The molecule has 0 atom stereocenters. The Hall–Kier alpha value is -6.62. The summed E-state index contributed by atoms with van der Waals surface area (Å²) in [6, 6.07) is 63.1. The molecule has 10 rings (SSSR count). The lowest BCUT2D eigenvalue weighted by Gasteiger charge is -2.21. The summed E-state index contributed by atoms with van der Waals surface area (Å²) in [5.41, 5.74) is 7.35. The molecule has 9 aromatic carbocycles. The molecule has 1 aromatic heterocycles. The van der Waals surface area contributed by atoms with Crippen LogP contribution < -0.4 is 0 Å². The molecule has 0 saturated heterocycles. The number of sulfone groups is 1. The predicted octanol–water partition coefficient (Wildman–Crippen LogP) is 12.7. The fourth-order valence-corrected chi connectivity index (χ4v) is 9.39. The van der Waals surface area contributed by atoms with Gasteiger partial charge in [-0.25, -0.2) is 13.4 Å². The molecule has 0 fully saturated rings. The SMILES string of the molecule is O=S(=O)(c1ccccc1)c1ccc(-c2c3ccccc3c(-c3cc4c(-c5ccccc5)nc5ccccc5c4c4ccccc34)c3ccccc23)cc1. The molecule has 53 heavy (non-hydrogen) atoms. The van der Waals surface area contributed by atoms with Crippen LogP contribution in [0.5, 0.6) is 0 Å². The molecular formula is C49H31NO2S. The predicted molar refractivity (Wildman–Crippen MR) is 220 cm³/mol. The number of fused-ring (bicyclic) bond motifs is 7. The van der Waals surface area contributed by atoms with Gasteiger partial charge in [-0.2, -0.15) is 0 Å². The Labute approximate surface area is 307 Å². The molecule has 0 aliphatic carbocycles. The van der Waals surface area contributed by atoms with Gasteiger partial charge in [0.2, 0.25) is 9.84 Å². The zero-order valence-electron chi connectivity index (χ0n) is 28.6. The van der Waals surface area contributed by atoms with Crippen LogP contribution >= 0.6 is 0 Å². The van der Waals surface area contributed by atoms with Gasteiger partial charge in [0.05, 0.1) is 21.0 Å². The Kier molecular flexibility index (Phi) is 7.20. The van der Waals surface area contributed by atoms with Crippen LogP contribution in [0, 0.1) is 0 Å². The lowest BCUT2D eigenvalue weighted by Crippen LogP contribution is -2.01. The maximum absolute atomic E-state index is 13.5. The van der Waals surface area contributed by atoms with Crippen molar-refractivity contribution >= 4 is 63.8 Å². The number of rotatable bonds is 5. The Morgan fingerprint density at radius 1 is 0.358 bits per heavy atom. The van der Waals surface area contributed by atoms with Gasteiger partial charge in [0, 0.05) is 21.7 Å². The first-order valence-corrected chi connectivity index (χ1v) is 19.2. The van der Waals surface area contributed by atoms with Crippen LogP contribution in [-0.2, 0) is 9.84 Å². The highest BCUT2D eigenvalue weighted by atomic mass is 32.2. The molecule has 0 radical (unpaired) electrons. The van der Waals surface area contributed by atoms with Crippen LogP contribution in [0.15, 0.2) is 198 Å². The van der Waals surface area contributed by atoms with Gasteiger partial charge in [-0.3, -0.25) is 0 Å². The van der Waals surface area contributed by atoms with Crippen molar-refractivity contribution in [2.75, 3.05) is 0 Å². The number of para-hydroxylation sites is 1. The average molecular weight is 698 g/mol. The molecule has 0 bridgehead atoms. The number of nitrogens with zero attached hydrogens (tertiary/aromatic N) is 1. The zero-order chi connectivity index (χ0) is 35.5. The van der Waals surface area contributed by atoms with E-state index in [2.05, 4.69) is 127 Å². The van der Waals surface area contributed by atoms with Gasteiger partial charge >= 0.3 is 0 Å². The lowest BCUT2D eigenvalue weighted by atomic mass is 9.83. The Morgan fingerprint density at radius 3 is 1.45 bits per heavy atom. The number of hydrogen-bond acceptors (Lipinski definition) is 3. The standard InChI is InChI=1S/C49H31NO2S/c51-53(52,34-17-5-2-6-18-34)35-29-27-32(28-30-35)46-38-21-9-11-23-40(38)47(41-24-12-10-22-39(41)46)43-31-44-48(37-20-8-7-19-36(37)43)42-25-13-14-26-45(42)50-49(44)33-15-3-1-4-16-33/h1-31H. The van der Waals surface area contributed by atoms with Crippen LogP contribution in [0.3, 0.4) is 0 Å². The monoisotopic (exact) mass is 697 g/mol. The minimum Gasteiger partial charge on any atom is -0.247 e. The van der Waals surface area contributed by atoms with Gasteiger partial charge in [-0.1, -0.05) is 152 Å². The fourth-order valence-electron chi connectivity index (χ4n) is 8.10. The third kappa shape index (κ3) is 4.95. The molecule has 10 aromatic rings. The second-order valence-electron chi connectivity index (χ2n) is 13.4. The number of benzene rings is 9. The van der Waals surface area contributed by atoms with Crippen molar-refractivity contribution in [1.29, 1.82) is 0 Å². The first-order chi connectivity index (χ1) is 26.1. The molecular weight excluding hydrogens is 667 g/mol. The highest BCUT2D eigenvalue weighted by molar-refractivity contribution is 7.91. The van der Waals surface area contributed by atoms with Crippen LogP contribution in [0.25, 0.3) is 87.5 Å². The van der Waals surface area contributed by atoms with Gasteiger partial charge in [0.15, 0.2) is 0 Å². The fraction of sp³-hybridized carbons (Fsp3) is 0. The molecule has 0 aliphatic rings. The van der Waals surface area contributed by atoms with Crippen molar-refractivity contribution in [3.63, 3.8) is 0 Å². The third-order valence-electron chi connectivity index (χ3n) is 10.5. The van der Waals surface area contributed by atoms with Gasteiger partial charge in [0.1, 0.15) is 0 Å². The molecule has 250 valence electrons. The van der Waals surface area contributed by atoms with Gasteiger partial charge < -0.3 is 0 Å². The third-order valence-corrected chi connectivity index (χ3v) is 12.2. The van der Waals surface area contributed by atoms with E-state index >= 15 is 0 Å². The summed E-state index contributed by atoms with van der Waals surface area (Å²) in [6.07, 6.45) is 0. The number of aromatic nitrogens is 1. The smallest absolute Gasteiger partial charge is 0.206 e. The number of pyridine rings is 1. The second-order valence-corrected chi connectivity index (χ2v) is 15.4. The molecule has 4 heteroatoms. The first kappa shape index (κ1) is 31.1. The first-order valence-electron chi connectivity index (χ1n) is 17.7. The van der Waals surface area contributed by atoms with Gasteiger partial charge in [0.25, 0.3) is 0 Å². The molecule has 1 heterocycles. The highest BCUT2D eigenvalue weighted by Crippen LogP contribution is 2.48. The van der Waals surface area contributed by atoms with Crippen molar-refractivity contribution in [1.82, 2.24) is 4.98 Å². The summed E-state index contributed by atoms with van der Waals surface area (Å²) < 4.78 is 27.0. The van der Waals surface area contributed by atoms with E-state index in [1.54, 1.807) is 36.4 Å². The van der Waals surface area contributed by atoms with Crippen molar-refractivity contribution in [2.45, 2.75) is 9.79 Å². The summed E-state index contributed by atoms with van der Waals surface area (Å²) in [4.78, 5) is 5.85. The Bertz CT molecular complexity index is 3100. The maximum Gasteiger partial charge on any atom is 0.206 e. The summed E-state index contributed by atoms with van der Waals surface area (Å²) in [6.45, 7) is 0. The topological polar surface area (TPSA) is 47.0 Å². The second kappa shape index (κ2) is 12.3. The molecule has 0 N–H and O–H groups in total. The van der Waals surface area contributed by atoms with Crippen molar-refractivity contribution in [3.05, 3.63) is 188 Å². The zero-order valence-corrected chi connectivity index (χ0v) is 29.4. The maximum atomic E-state index is 13.5.